The molecule has 2 N–H and O–H groups in total. The summed E-state index contributed by atoms with van der Waals surface area (Å²) in [6.45, 7) is 1.91. The van der Waals surface area contributed by atoms with Gasteiger partial charge in [0, 0.05) is 16.3 Å². The number of fused-ring (bicyclic) bond motifs is 1. The minimum absolute atomic E-state index is 0.171. The first-order valence-electron chi connectivity index (χ1n) is 8.71. The maximum Gasteiger partial charge on any atom is 0.264 e. The Morgan fingerprint density at radius 2 is 1.71 bits per heavy atom. The Hall–Kier alpha value is -2.83. The molecule has 5 nitrogen and oxygen atoms in total. The molecule has 0 radical (unpaired) electrons. The lowest BCUT2D eigenvalue weighted by Crippen LogP contribution is -2.38. The molecule has 7 heteroatoms. The molecule has 0 saturated carbocycles. The molecule has 0 saturated heterocycles. The van der Waals surface area contributed by atoms with E-state index in [0.717, 1.165) is 22.4 Å². The van der Waals surface area contributed by atoms with E-state index in [1.165, 1.54) is 0 Å². The molecular formula is C21H18ClN3O2S. The Balaban J connectivity index is 1.73. The SMILES string of the molecule is Cc1ccc(S(=O)(=O)NC2=NC(c3ccccc3)c3cc(Cl)ccc3N2)cc1. The summed E-state index contributed by atoms with van der Waals surface area (Å²) >= 11 is 6.18. The van der Waals surface area contributed by atoms with Gasteiger partial charge in [0.1, 0.15) is 6.04 Å². The van der Waals surface area contributed by atoms with Gasteiger partial charge in [-0.3, -0.25) is 0 Å². The van der Waals surface area contributed by atoms with Crippen LogP contribution in [-0.4, -0.2) is 14.4 Å². The van der Waals surface area contributed by atoms with Gasteiger partial charge in [-0.2, -0.15) is 0 Å². The quantitative estimate of drug-likeness (QED) is 0.666. The largest absolute Gasteiger partial charge is 0.325 e. The number of rotatable bonds is 3. The second-order valence-electron chi connectivity index (χ2n) is 6.57. The van der Waals surface area contributed by atoms with Gasteiger partial charge < -0.3 is 5.32 Å². The number of aliphatic imine (C=N–C) groups is 1. The van der Waals surface area contributed by atoms with E-state index in [1.54, 1.807) is 30.3 Å². The van der Waals surface area contributed by atoms with Crippen molar-refractivity contribution in [2.45, 2.75) is 17.9 Å². The van der Waals surface area contributed by atoms with Gasteiger partial charge in [-0.25, -0.2) is 18.1 Å². The highest BCUT2D eigenvalue weighted by Gasteiger charge is 2.26. The second kappa shape index (κ2) is 7.30. The molecule has 28 heavy (non-hydrogen) atoms. The maximum atomic E-state index is 12.8. The smallest absolute Gasteiger partial charge is 0.264 e. The molecule has 4 rings (SSSR count). The molecule has 0 amide bonds. The maximum absolute atomic E-state index is 12.8. The first kappa shape index (κ1) is 18.5. The van der Waals surface area contributed by atoms with Crippen LogP contribution >= 0.6 is 11.6 Å². The average molecular weight is 412 g/mol. The number of hydrogen-bond acceptors (Lipinski definition) is 4. The van der Waals surface area contributed by atoms with Crippen molar-refractivity contribution in [1.29, 1.82) is 0 Å². The summed E-state index contributed by atoms with van der Waals surface area (Å²) in [6.07, 6.45) is 0. The van der Waals surface area contributed by atoms with Crippen molar-refractivity contribution >= 4 is 33.3 Å². The summed E-state index contributed by atoms with van der Waals surface area (Å²) in [5.41, 5.74) is 3.58. The summed E-state index contributed by atoms with van der Waals surface area (Å²) in [4.78, 5) is 4.80. The van der Waals surface area contributed by atoms with Crippen LogP contribution in [0.2, 0.25) is 5.02 Å². The normalized spacial score (nSPS) is 15.9. The van der Waals surface area contributed by atoms with E-state index in [1.807, 2.05) is 49.4 Å². The first-order chi connectivity index (χ1) is 13.4. The molecule has 1 atom stereocenters. The fourth-order valence-corrected chi connectivity index (χ4v) is 4.23. The van der Waals surface area contributed by atoms with Gasteiger partial charge in [0.15, 0.2) is 0 Å². The predicted octanol–water partition coefficient (Wildman–Crippen LogP) is 4.50. The third kappa shape index (κ3) is 3.74. The van der Waals surface area contributed by atoms with Crippen LogP contribution in [0.1, 0.15) is 22.7 Å². The number of anilines is 1. The summed E-state index contributed by atoms with van der Waals surface area (Å²) in [5.74, 6) is 0.171. The summed E-state index contributed by atoms with van der Waals surface area (Å²) in [6, 6.07) is 21.4. The number of nitrogens with zero attached hydrogens (tertiary/aromatic N) is 1. The second-order valence-corrected chi connectivity index (χ2v) is 8.68. The molecule has 142 valence electrons. The first-order valence-corrected chi connectivity index (χ1v) is 10.6. The van der Waals surface area contributed by atoms with Gasteiger partial charge in [-0.1, -0.05) is 59.6 Å². The van der Waals surface area contributed by atoms with Crippen LogP contribution in [0.25, 0.3) is 0 Å². The number of halogens is 1. The fourth-order valence-electron chi connectivity index (χ4n) is 3.08. The number of aryl methyl sites for hydroxylation is 1. The molecule has 0 bridgehead atoms. The van der Waals surface area contributed by atoms with E-state index >= 15 is 0 Å². The minimum atomic E-state index is -3.76. The van der Waals surface area contributed by atoms with Gasteiger partial charge in [-0.05, 0) is 42.8 Å². The van der Waals surface area contributed by atoms with Crippen LogP contribution in [0.5, 0.6) is 0 Å². The van der Waals surface area contributed by atoms with Crippen molar-refractivity contribution in [2.75, 3.05) is 5.32 Å². The van der Waals surface area contributed by atoms with Crippen molar-refractivity contribution in [1.82, 2.24) is 4.72 Å². The van der Waals surface area contributed by atoms with Crippen molar-refractivity contribution in [2.24, 2.45) is 4.99 Å². The molecule has 3 aromatic carbocycles. The highest BCUT2D eigenvalue weighted by molar-refractivity contribution is 7.90. The zero-order valence-corrected chi connectivity index (χ0v) is 16.6. The van der Waals surface area contributed by atoms with Crippen LogP contribution in [0.4, 0.5) is 5.69 Å². The summed E-state index contributed by atoms with van der Waals surface area (Å²) in [5, 5.41) is 3.66. The summed E-state index contributed by atoms with van der Waals surface area (Å²) in [7, 11) is -3.76. The van der Waals surface area contributed by atoms with E-state index in [4.69, 9.17) is 11.6 Å². The Bertz CT molecular complexity index is 1140. The number of nitrogens with one attached hydrogen (secondary N) is 2. The van der Waals surface area contributed by atoms with Crippen molar-refractivity contribution in [3.63, 3.8) is 0 Å². The van der Waals surface area contributed by atoms with Crippen LogP contribution in [0, 0.1) is 6.92 Å². The van der Waals surface area contributed by atoms with E-state index in [-0.39, 0.29) is 16.9 Å². The van der Waals surface area contributed by atoms with Gasteiger partial charge in [0.2, 0.25) is 5.96 Å². The standard InChI is InChI=1S/C21H18ClN3O2S/c1-14-7-10-17(11-8-14)28(26,27)25-21-23-19-12-9-16(22)13-18(19)20(24-21)15-5-3-2-4-6-15/h2-13,20H,1H3,(H2,23,24,25). The van der Waals surface area contributed by atoms with Crippen LogP contribution in [0.3, 0.4) is 0 Å². The molecule has 3 aromatic rings. The molecule has 0 aliphatic carbocycles. The molecule has 0 fully saturated rings. The van der Waals surface area contributed by atoms with E-state index < -0.39 is 10.0 Å². The average Bonchev–Trinajstić information content (AvgIpc) is 2.68. The highest BCUT2D eigenvalue weighted by Crippen LogP contribution is 2.36. The minimum Gasteiger partial charge on any atom is -0.325 e. The zero-order chi connectivity index (χ0) is 19.7. The number of benzene rings is 3. The Morgan fingerprint density at radius 1 is 1.00 bits per heavy atom. The van der Waals surface area contributed by atoms with E-state index in [9.17, 15) is 8.42 Å². The molecule has 1 unspecified atom stereocenters. The number of guanidine groups is 1. The van der Waals surface area contributed by atoms with Crippen LogP contribution in [-0.2, 0) is 10.0 Å². The lowest BCUT2D eigenvalue weighted by molar-refractivity contribution is 0.592. The zero-order valence-electron chi connectivity index (χ0n) is 15.1. The molecular weight excluding hydrogens is 394 g/mol. The van der Waals surface area contributed by atoms with Crippen molar-refractivity contribution in [3.05, 3.63) is 94.5 Å². The Kier molecular flexibility index (Phi) is 4.83. The van der Waals surface area contributed by atoms with Crippen LogP contribution in [0.15, 0.2) is 82.7 Å². The lowest BCUT2D eigenvalue weighted by Gasteiger charge is -2.26. The lowest BCUT2D eigenvalue weighted by atomic mass is 9.96. The fraction of sp³-hybridized carbons (Fsp3) is 0.0952. The molecule has 1 heterocycles. The molecule has 0 spiro atoms. The number of hydrogen-bond donors (Lipinski definition) is 2. The third-order valence-corrected chi connectivity index (χ3v) is 6.09. The molecule has 1 aliphatic heterocycles. The van der Waals surface area contributed by atoms with Gasteiger partial charge >= 0.3 is 0 Å². The third-order valence-electron chi connectivity index (χ3n) is 4.50. The van der Waals surface area contributed by atoms with Crippen molar-refractivity contribution < 1.29 is 8.42 Å². The van der Waals surface area contributed by atoms with E-state index in [0.29, 0.717) is 5.02 Å². The highest BCUT2D eigenvalue weighted by atomic mass is 35.5. The van der Waals surface area contributed by atoms with Gasteiger partial charge in [0.05, 0.1) is 4.90 Å². The van der Waals surface area contributed by atoms with Gasteiger partial charge in [0.25, 0.3) is 10.0 Å². The number of sulfonamides is 1. The van der Waals surface area contributed by atoms with Crippen LogP contribution < -0.4 is 10.0 Å². The van der Waals surface area contributed by atoms with Crippen molar-refractivity contribution in [3.8, 4) is 0 Å². The molecule has 1 aliphatic rings. The summed E-state index contributed by atoms with van der Waals surface area (Å²) < 4.78 is 28.1. The van der Waals surface area contributed by atoms with E-state index in [2.05, 4.69) is 15.0 Å². The monoisotopic (exact) mass is 411 g/mol. The predicted molar refractivity (Wildman–Crippen MR) is 112 cm³/mol. The Morgan fingerprint density at radius 3 is 2.43 bits per heavy atom. The topological polar surface area (TPSA) is 70.6 Å². The molecule has 0 aromatic heterocycles. The Labute approximate surface area is 169 Å². The van der Waals surface area contributed by atoms with Gasteiger partial charge in [-0.15, -0.1) is 0 Å².